The van der Waals surface area contributed by atoms with Gasteiger partial charge in [-0.25, -0.2) is 14.1 Å². The number of carbonyl (C=O) groups is 1. The minimum Gasteiger partial charge on any atom is -0.497 e. The van der Waals surface area contributed by atoms with Crippen molar-refractivity contribution in [2.45, 2.75) is 11.8 Å². The number of ether oxygens (including phenoxy) is 2. The lowest BCUT2D eigenvalue weighted by atomic mass is 10.2. The van der Waals surface area contributed by atoms with Crippen molar-refractivity contribution in [3.63, 3.8) is 0 Å². The molecule has 9 heteroatoms. The van der Waals surface area contributed by atoms with E-state index in [0.29, 0.717) is 34.6 Å². The summed E-state index contributed by atoms with van der Waals surface area (Å²) in [5, 5.41) is 10.5. The van der Waals surface area contributed by atoms with Crippen molar-refractivity contribution in [1.82, 2.24) is 14.9 Å². The Morgan fingerprint density at radius 2 is 1.82 bits per heavy atom. The molecular weight excluding hydrogens is 383 g/mol. The quantitative estimate of drug-likeness (QED) is 0.656. The second-order valence-electron chi connectivity index (χ2n) is 5.96. The van der Waals surface area contributed by atoms with Crippen molar-refractivity contribution >= 4 is 17.7 Å². The normalized spacial score (nSPS) is 13.1. The number of aromatic nitrogens is 3. The number of rotatable bonds is 5. The van der Waals surface area contributed by atoms with Crippen molar-refractivity contribution in [3.8, 4) is 11.5 Å². The van der Waals surface area contributed by atoms with E-state index in [1.807, 2.05) is 0 Å². The zero-order chi connectivity index (χ0) is 19.5. The minimum absolute atomic E-state index is 0.146. The predicted molar refractivity (Wildman–Crippen MR) is 102 cm³/mol. The Morgan fingerprint density at radius 3 is 2.54 bits per heavy atom. The molecule has 0 fully saturated rings. The first-order valence-electron chi connectivity index (χ1n) is 8.57. The van der Waals surface area contributed by atoms with Gasteiger partial charge in [-0.05, 0) is 48.5 Å². The van der Waals surface area contributed by atoms with Crippen LogP contribution in [-0.2, 0) is 6.61 Å². The summed E-state index contributed by atoms with van der Waals surface area (Å²) in [4.78, 5) is 12.9. The summed E-state index contributed by atoms with van der Waals surface area (Å²) in [6.45, 7) is 0.633. The largest absolute Gasteiger partial charge is 0.497 e. The van der Waals surface area contributed by atoms with Crippen LogP contribution in [0.25, 0.3) is 0 Å². The zero-order valence-electron chi connectivity index (χ0n) is 15.0. The Hall–Kier alpha value is -3.07. The van der Waals surface area contributed by atoms with E-state index in [1.165, 1.54) is 36.0 Å². The van der Waals surface area contributed by atoms with Crippen LogP contribution in [-0.4, -0.2) is 40.2 Å². The first kappa shape index (κ1) is 18.3. The first-order chi connectivity index (χ1) is 13.7. The van der Waals surface area contributed by atoms with Crippen LogP contribution >= 0.6 is 11.8 Å². The van der Waals surface area contributed by atoms with Crippen LogP contribution in [0.5, 0.6) is 11.5 Å². The molecule has 0 saturated carbocycles. The molecule has 1 aromatic heterocycles. The molecule has 0 bridgehead atoms. The Kier molecular flexibility index (Phi) is 5.16. The second kappa shape index (κ2) is 7.89. The number of nitrogens with zero attached hydrogens (tertiary/aromatic N) is 4. The van der Waals surface area contributed by atoms with Gasteiger partial charge in [0, 0.05) is 11.3 Å². The van der Waals surface area contributed by atoms with Gasteiger partial charge in [-0.15, -0.1) is 10.2 Å². The molecule has 7 nitrogen and oxygen atoms in total. The fraction of sp³-hybridized carbons (Fsp3) is 0.211. The third kappa shape index (κ3) is 3.65. The average molecular weight is 400 g/mol. The highest BCUT2D eigenvalue weighted by molar-refractivity contribution is 7.99. The Labute approximate surface area is 165 Å². The highest BCUT2D eigenvalue weighted by Gasteiger charge is 2.28. The molecule has 0 N–H and O–H groups in total. The lowest BCUT2D eigenvalue weighted by molar-refractivity contribution is 0.0952. The maximum atomic E-state index is 13.2. The van der Waals surface area contributed by atoms with E-state index in [9.17, 15) is 9.18 Å². The molecule has 4 rings (SSSR count). The third-order valence-electron chi connectivity index (χ3n) is 4.21. The van der Waals surface area contributed by atoms with E-state index in [4.69, 9.17) is 9.47 Å². The van der Waals surface area contributed by atoms with Gasteiger partial charge in [0.25, 0.3) is 5.91 Å². The number of thioether (sulfide) groups is 1. The average Bonchev–Trinajstić information content (AvgIpc) is 3.16. The van der Waals surface area contributed by atoms with E-state index in [-0.39, 0.29) is 18.3 Å². The molecule has 0 radical (unpaired) electrons. The van der Waals surface area contributed by atoms with Gasteiger partial charge in [-0.3, -0.25) is 4.79 Å². The van der Waals surface area contributed by atoms with E-state index < -0.39 is 0 Å². The van der Waals surface area contributed by atoms with Crippen LogP contribution in [0, 0.1) is 5.82 Å². The number of methoxy groups -OCH3 is 1. The van der Waals surface area contributed by atoms with Crippen molar-refractivity contribution < 1.29 is 18.7 Å². The zero-order valence-corrected chi connectivity index (χ0v) is 15.9. The molecule has 3 aromatic rings. The maximum absolute atomic E-state index is 13.2. The number of carbonyl (C=O) groups excluding carboxylic acids is 1. The van der Waals surface area contributed by atoms with Crippen LogP contribution in [0.2, 0.25) is 0 Å². The minimum atomic E-state index is -0.385. The second-order valence-corrected chi connectivity index (χ2v) is 7.02. The van der Waals surface area contributed by atoms with Crippen LogP contribution < -0.4 is 14.5 Å². The van der Waals surface area contributed by atoms with Crippen molar-refractivity contribution in [1.29, 1.82) is 0 Å². The van der Waals surface area contributed by atoms with Crippen LogP contribution in [0.4, 0.5) is 4.39 Å². The smallest absolute Gasteiger partial charge is 0.272 e. The number of fused-ring (bicyclic) bond motifs is 1. The monoisotopic (exact) mass is 400 g/mol. The summed E-state index contributed by atoms with van der Waals surface area (Å²) in [5.41, 5.74) is 0.398. The molecular formula is C19H17FN4O3S. The highest BCUT2D eigenvalue weighted by Crippen LogP contribution is 2.25. The lowest BCUT2D eigenvalue weighted by Gasteiger charge is -2.29. The lowest BCUT2D eigenvalue weighted by Crippen LogP contribution is -2.45. The molecule has 1 aliphatic rings. The van der Waals surface area contributed by atoms with E-state index in [0.717, 1.165) is 5.75 Å². The van der Waals surface area contributed by atoms with E-state index >= 15 is 0 Å². The Balaban J connectivity index is 1.55. The SMILES string of the molecule is COc1ccc(OCc2nnc3n2N(C(=O)c2ccc(F)cc2)CCS3)cc1. The summed E-state index contributed by atoms with van der Waals surface area (Å²) < 4.78 is 25.8. The van der Waals surface area contributed by atoms with Gasteiger partial charge in [-0.1, -0.05) is 11.8 Å². The summed E-state index contributed by atoms with van der Waals surface area (Å²) in [5.74, 6) is 1.97. The summed E-state index contributed by atoms with van der Waals surface area (Å²) in [6.07, 6.45) is 0. The summed E-state index contributed by atoms with van der Waals surface area (Å²) >= 11 is 1.52. The number of amides is 1. The standard InChI is InChI=1S/C19H17FN4O3S/c1-26-15-6-8-16(9-7-15)27-12-17-21-22-19-24(17)23(10-11-28-19)18(25)13-2-4-14(20)5-3-13/h2-9H,10-12H2,1H3. The van der Waals surface area contributed by atoms with E-state index in [1.54, 1.807) is 41.1 Å². The molecule has 0 atom stereocenters. The summed E-state index contributed by atoms with van der Waals surface area (Å²) in [7, 11) is 1.60. The molecule has 1 amide bonds. The van der Waals surface area contributed by atoms with Crippen molar-refractivity contribution in [2.24, 2.45) is 0 Å². The molecule has 0 saturated heterocycles. The Bertz CT molecular complexity index is 976. The fourth-order valence-electron chi connectivity index (χ4n) is 2.80. The molecule has 0 aliphatic carbocycles. The number of hydrogen-bond acceptors (Lipinski definition) is 6. The highest BCUT2D eigenvalue weighted by atomic mass is 32.2. The van der Waals surface area contributed by atoms with Gasteiger partial charge >= 0.3 is 0 Å². The van der Waals surface area contributed by atoms with Gasteiger partial charge < -0.3 is 9.47 Å². The number of halogens is 1. The van der Waals surface area contributed by atoms with Crippen molar-refractivity contribution in [2.75, 3.05) is 24.4 Å². The number of hydrogen-bond donors (Lipinski definition) is 0. The van der Waals surface area contributed by atoms with Gasteiger partial charge in [0.1, 0.15) is 23.9 Å². The van der Waals surface area contributed by atoms with E-state index in [2.05, 4.69) is 10.2 Å². The van der Waals surface area contributed by atoms with Gasteiger partial charge in [0.05, 0.1) is 13.7 Å². The van der Waals surface area contributed by atoms with Crippen molar-refractivity contribution in [3.05, 3.63) is 65.7 Å². The molecule has 2 heterocycles. The van der Waals surface area contributed by atoms with Gasteiger partial charge in [-0.2, -0.15) is 0 Å². The molecule has 0 spiro atoms. The van der Waals surface area contributed by atoms with Gasteiger partial charge in [0.15, 0.2) is 5.82 Å². The summed E-state index contributed by atoms with van der Waals surface area (Å²) in [6, 6.07) is 12.7. The van der Waals surface area contributed by atoms with Crippen LogP contribution in [0.1, 0.15) is 16.2 Å². The first-order valence-corrected chi connectivity index (χ1v) is 9.56. The topological polar surface area (TPSA) is 69.5 Å². The molecule has 0 unspecified atom stereocenters. The molecule has 2 aromatic carbocycles. The van der Waals surface area contributed by atoms with Crippen LogP contribution in [0.3, 0.4) is 0 Å². The molecule has 28 heavy (non-hydrogen) atoms. The maximum Gasteiger partial charge on any atom is 0.272 e. The third-order valence-corrected chi connectivity index (χ3v) is 5.10. The fourth-order valence-corrected chi connectivity index (χ4v) is 3.67. The predicted octanol–water partition coefficient (Wildman–Crippen LogP) is 2.89. The Morgan fingerprint density at radius 1 is 1.11 bits per heavy atom. The molecule has 1 aliphatic heterocycles. The molecule has 144 valence electrons. The number of benzene rings is 2. The van der Waals surface area contributed by atoms with Crippen LogP contribution in [0.15, 0.2) is 53.7 Å². The van der Waals surface area contributed by atoms with Gasteiger partial charge in [0.2, 0.25) is 5.16 Å².